The summed E-state index contributed by atoms with van der Waals surface area (Å²) in [5, 5.41) is 22.2. The summed E-state index contributed by atoms with van der Waals surface area (Å²) in [5.74, 6) is 1.08. The van der Waals surface area contributed by atoms with Gasteiger partial charge in [-0.2, -0.15) is 0 Å². The van der Waals surface area contributed by atoms with E-state index in [9.17, 15) is 10.3 Å². The molecular weight excluding hydrogens is 314 g/mol. The summed E-state index contributed by atoms with van der Waals surface area (Å²) in [6.45, 7) is 9.00. The first-order chi connectivity index (χ1) is 11.8. The molecule has 4 heteroatoms. The number of hydrogen-bond acceptors (Lipinski definition) is 3. The third-order valence-corrected chi connectivity index (χ3v) is 5.25. The Morgan fingerprint density at radius 2 is 2.00 bits per heavy atom. The first-order valence-electron chi connectivity index (χ1n) is 8.97. The second-order valence-electron chi connectivity index (χ2n) is 7.99. The Labute approximate surface area is 149 Å². The van der Waals surface area contributed by atoms with Crippen molar-refractivity contribution in [3.05, 3.63) is 59.4 Å². The fraction of sp³-hybridized carbons (Fsp3) is 0.476. The van der Waals surface area contributed by atoms with Crippen molar-refractivity contribution in [3.63, 3.8) is 0 Å². The average Bonchev–Trinajstić information content (AvgIpc) is 2.68. The van der Waals surface area contributed by atoms with Gasteiger partial charge in [0, 0.05) is 27.8 Å². The Balaban J connectivity index is 2.24. The fourth-order valence-corrected chi connectivity index (χ4v) is 3.64. The van der Waals surface area contributed by atoms with Gasteiger partial charge in [0.1, 0.15) is 5.75 Å². The molecule has 0 amide bonds. The minimum atomic E-state index is -1.32. The second kappa shape index (κ2) is 6.34. The van der Waals surface area contributed by atoms with E-state index in [1.165, 1.54) is 5.56 Å². The van der Waals surface area contributed by atoms with Gasteiger partial charge in [0.05, 0.1) is 6.61 Å². The standard InChI is InChI=1S/C21H28NO3/c1-5-15(2)16-9-10-18-17(12-16)21(23,13-20(3,4)14-25-18)19-8-6-7-11-22(19)24/h6-12,15,23-24H,5,13-14H2,1-4H3/q+1. The zero-order valence-corrected chi connectivity index (χ0v) is 15.5. The van der Waals surface area contributed by atoms with E-state index < -0.39 is 5.60 Å². The van der Waals surface area contributed by atoms with Crippen molar-refractivity contribution in [2.75, 3.05) is 6.61 Å². The molecule has 1 aromatic heterocycles. The molecule has 0 spiro atoms. The smallest absolute Gasteiger partial charge is 0.270 e. The normalized spacial score (nSPS) is 23.2. The zero-order chi connectivity index (χ0) is 18.2. The molecule has 0 fully saturated rings. The molecule has 4 nitrogen and oxygen atoms in total. The van der Waals surface area contributed by atoms with Crippen molar-refractivity contribution < 1.29 is 19.8 Å². The maximum Gasteiger partial charge on any atom is 0.270 e. The van der Waals surface area contributed by atoms with E-state index in [0.717, 1.165) is 16.7 Å². The number of pyridine rings is 1. The Morgan fingerprint density at radius 1 is 1.24 bits per heavy atom. The van der Waals surface area contributed by atoms with Gasteiger partial charge in [-0.25, -0.2) is 0 Å². The van der Waals surface area contributed by atoms with Gasteiger partial charge in [0.15, 0.2) is 5.60 Å². The van der Waals surface area contributed by atoms with Crippen LogP contribution in [0.2, 0.25) is 0 Å². The molecule has 1 aliphatic rings. The molecule has 0 bridgehead atoms. The van der Waals surface area contributed by atoms with Gasteiger partial charge in [0.25, 0.3) is 5.69 Å². The van der Waals surface area contributed by atoms with Crippen LogP contribution in [-0.2, 0) is 5.60 Å². The maximum absolute atomic E-state index is 11.8. The lowest BCUT2D eigenvalue weighted by molar-refractivity contribution is -0.912. The molecule has 1 aromatic carbocycles. The van der Waals surface area contributed by atoms with E-state index in [4.69, 9.17) is 4.74 Å². The van der Waals surface area contributed by atoms with Gasteiger partial charge in [-0.15, -0.1) is 0 Å². The minimum Gasteiger partial charge on any atom is -0.493 e. The highest BCUT2D eigenvalue weighted by molar-refractivity contribution is 5.46. The Kier molecular flexibility index (Phi) is 4.50. The molecule has 25 heavy (non-hydrogen) atoms. The molecule has 134 valence electrons. The summed E-state index contributed by atoms with van der Waals surface area (Å²) in [4.78, 5) is 0. The second-order valence-corrected chi connectivity index (χ2v) is 7.99. The average molecular weight is 342 g/mol. The monoisotopic (exact) mass is 342 g/mol. The van der Waals surface area contributed by atoms with E-state index in [1.807, 2.05) is 18.2 Å². The highest BCUT2D eigenvalue weighted by Gasteiger charge is 2.48. The highest BCUT2D eigenvalue weighted by atomic mass is 16.5. The molecule has 2 aromatic rings. The lowest BCUT2D eigenvalue weighted by Crippen LogP contribution is -2.46. The van der Waals surface area contributed by atoms with Crippen LogP contribution in [0.15, 0.2) is 42.6 Å². The van der Waals surface area contributed by atoms with Crippen LogP contribution in [0.25, 0.3) is 0 Å². The molecule has 1 aliphatic heterocycles. The summed E-state index contributed by atoms with van der Waals surface area (Å²) < 4.78 is 7.05. The summed E-state index contributed by atoms with van der Waals surface area (Å²) in [6.07, 6.45) is 3.03. The number of nitrogens with zero attached hydrogens (tertiary/aromatic N) is 1. The predicted octanol–water partition coefficient (Wildman–Crippen LogP) is 3.77. The SMILES string of the molecule is CCC(C)c1ccc2c(c1)C(O)(c1cccc[n+]1O)CC(C)(C)CO2. The molecule has 0 aliphatic carbocycles. The van der Waals surface area contributed by atoms with Gasteiger partial charge in [-0.3, -0.25) is 5.21 Å². The summed E-state index contributed by atoms with van der Waals surface area (Å²) >= 11 is 0. The first-order valence-corrected chi connectivity index (χ1v) is 8.97. The van der Waals surface area contributed by atoms with E-state index >= 15 is 0 Å². The van der Waals surface area contributed by atoms with E-state index in [2.05, 4.69) is 33.8 Å². The van der Waals surface area contributed by atoms with Crippen molar-refractivity contribution in [2.24, 2.45) is 5.41 Å². The molecule has 0 saturated heterocycles. The molecule has 2 heterocycles. The van der Waals surface area contributed by atoms with E-state index in [1.54, 1.807) is 18.3 Å². The van der Waals surface area contributed by atoms with Crippen LogP contribution in [0, 0.1) is 5.41 Å². The van der Waals surface area contributed by atoms with Crippen molar-refractivity contribution in [1.29, 1.82) is 0 Å². The minimum absolute atomic E-state index is 0.243. The van der Waals surface area contributed by atoms with Gasteiger partial charge >= 0.3 is 0 Å². The molecule has 2 unspecified atom stereocenters. The Morgan fingerprint density at radius 3 is 2.68 bits per heavy atom. The van der Waals surface area contributed by atoms with Crippen LogP contribution in [0.3, 0.4) is 0 Å². The molecular formula is C21H28NO3+. The van der Waals surface area contributed by atoms with Crippen LogP contribution in [0.5, 0.6) is 5.75 Å². The van der Waals surface area contributed by atoms with Gasteiger partial charge in [0.2, 0.25) is 6.20 Å². The predicted molar refractivity (Wildman–Crippen MR) is 95.9 cm³/mol. The van der Waals surface area contributed by atoms with Crippen LogP contribution < -0.4 is 9.47 Å². The molecule has 3 rings (SSSR count). The van der Waals surface area contributed by atoms with Crippen molar-refractivity contribution in [1.82, 2.24) is 0 Å². The summed E-state index contributed by atoms with van der Waals surface area (Å²) in [7, 11) is 0. The molecule has 0 radical (unpaired) electrons. The van der Waals surface area contributed by atoms with Crippen LogP contribution in [0.1, 0.15) is 63.3 Å². The van der Waals surface area contributed by atoms with Crippen molar-refractivity contribution in [3.8, 4) is 5.75 Å². The summed E-state index contributed by atoms with van der Waals surface area (Å²) in [5.41, 5.74) is 0.784. The third kappa shape index (κ3) is 3.23. The molecule has 2 N–H and O–H groups in total. The van der Waals surface area contributed by atoms with E-state index in [0.29, 0.717) is 30.4 Å². The van der Waals surface area contributed by atoms with Gasteiger partial charge < -0.3 is 9.84 Å². The van der Waals surface area contributed by atoms with Crippen molar-refractivity contribution in [2.45, 2.75) is 52.1 Å². The lowest BCUT2D eigenvalue weighted by Gasteiger charge is -2.30. The number of benzene rings is 1. The zero-order valence-electron chi connectivity index (χ0n) is 15.5. The number of ether oxygens (including phenoxy) is 1. The first kappa shape index (κ1) is 17.7. The number of rotatable bonds is 3. The largest absolute Gasteiger partial charge is 0.493 e. The molecule has 0 saturated carbocycles. The topological polar surface area (TPSA) is 53.6 Å². The van der Waals surface area contributed by atoms with Crippen LogP contribution in [-0.4, -0.2) is 16.9 Å². The van der Waals surface area contributed by atoms with Gasteiger partial charge in [-0.05, 0) is 42.5 Å². The number of aliphatic hydroxyl groups is 1. The van der Waals surface area contributed by atoms with Crippen LogP contribution >= 0.6 is 0 Å². The quantitative estimate of drug-likeness (QED) is 0.659. The van der Waals surface area contributed by atoms with Crippen molar-refractivity contribution >= 4 is 0 Å². The number of aromatic nitrogens is 1. The summed E-state index contributed by atoms with van der Waals surface area (Å²) in [6, 6.07) is 11.4. The van der Waals surface area contributed by atoms with Gasteiger partial charge in [-0.1, -0.05) is 33.8 Å². The Hall–Kier alpha value is -2.07. The molecule has 2 atom stereocenters. The Bertz CT molecular complexity index is 771. The van der Waals surface area contributed by atoms with E-state index in [-0.39, 0.29) is 5.41 Å². The van der Waals surface area contributed by atoms with Crippen LogP contribution in [0.4, 0.5) is 0 Å². The number of hydrogen-bond donors (Lipinski definition) is 2. The fourth-order valence-electron chi connectivity index (χ4n) is 3.64. The number of fused-ring (bicyclic) bond motifs is 1. The lowest BCUT2D eigenvalue weighted by atomic mass is 9.75. The third-order valence-electron chi connectivity index (χ3n) is 5.25. The maximum atomic E-state index is 11.8. The highest BCUT2D eigenvalue weighted by Crippen LogP contribution is 2.46.